The number of nitrogens with zero attached hydrogens (tertiary/aromatic N) is 1. The van der Waals surface area contributed by atoms with Crippen molar-refractivity contribution in [1.29, 1.82) is 0 Å². The van der Waals surface area contributed by atoms with Crippen LogP contribution in [0, 0.1) is 0 Å². The van der Waals surface area contributed by atoms with Gasteiger partial charge in [-0.15, -0.1) is 11.8 Å². The lowest BCUT2D eigenvalue weighted by Crippen LogP contribution is -2.20. The molecule has 0 aliphatic carbocycles. The van der Waals surface area contributed by atoms with E-state index in [9.17, 15) is 4.79 Å². The number of amides is 1. The minimum Gasteiger partial charge on any atom is -0.484 e. The van der Waals surface area contributed by atoms with Crippen molar-refractivity contribution in [2.45, 2.75) is 16.6 Å². The molecule has 4 aromatic rings. The van der Waals surface area contributed by atoms with Gasteiger partial charge in [0.2, 0.25) is 0 Å². The molecule has 0 radical (unpaired) electrons. The SMILES string of the molecule is O=C(COc1ccc(C2=Nc3ccccc3S[C@H](c3ccccc3)C2)cc1)Nc1ccccc1. The lowest BCUT2D eigenvalue weighted by molar-refractivity contribution is -0.118. The smallest absolute Gasteiger partial charge is 0.262 e. The summed E-state index contributed by atoms with van der Waals surface area (Å²) in [5.41, 5.74) is 5.14. The van der Waals surface area contributed by atoms with Gasteiger partial charge in [-0.1, -0.05) is 60.7 Å². The number of para-hydroxylation sites is 2. The first-order chi connectivity index (χ1) is 16.7. The van der Waals surface area contributed by atoms with E-state index in [1.54, 1.807) is 0 Å². The molecule has 0 aromatic heterocycles. The number of carbonyl (C=O) groups excluding carboxylic acids is 1. The summed E-state index contributed by atoms with van der Waals surface area (Å²) in [5, 5.41) is 3.11. The Kier molecular flexibility index (Phi) is 6.73. The molecule has 0 unspecified atom stereocenters. The van der Waals surface area contributed by atoms with E-state index in [0.29, 0.717) is 5.75 Å². The number of hydrogen-bond donors (Lipinski definition) is 1. The number of anilines is 1. The van der Waals surface area contributed by atoms with E-state index in [2.05, 4.69) is 47.8 Å². The van der Waals surface area contributed by atoms with E-state index < -0.39 is 0 Å². The van der Waals surface area contributed by atoms with Gasteiger partial charge in [0.25, 0.3) is 5.91 Å². The van der Waals surface area contributed by atoms with Crippen molar-refractivity contribution >= 4 is 34.8 Å². The standard InChI is InChI=1S/C29H24N2O2S/c32-29(30-23-11-5-2-6-12-23)20-33-24-17-15-21(16-18-24)26-19-28(22-9-3-1-4-10-22)34-27-14-8-7-13-25(27)31-26/h1-18,28H,19-20H2,(H,30,32)/t28-/m0/s1. The normalized spacial score (nSPS) is 14.9. The zero-order chi connectivity index (χ0) is 23.2. The first-order valence-electron chi connectivity index (χ1n) is 11.2. The Balaban J connectivity index is 1.31. The van der Waals surface area contributed by atoms with Gasteiger partial charge in [0, 0.05) is 28.0 Å². The second-order valence-electron chi connectivity index (χ2n) is 7.97. The number of nitrogens with one attached hydrogen (secondary N) is 1. The summed E-state index contributed by atoms with van der Waals surface area (Å²) >= 11 is 1.86. The van der Waals surface area contributed by atoms with Crippen LogP contribution in [0.3, 0.4) is 0 Å². The molecule has 0 bridgehead atoms. The average Bonchev–Trinajstić information content (AvgIpc) is 3.09. The second kappa shape index (κ2) is 10.4. The molecule has 5 rings (SSSR count). The average molecular weight is 465 g/mol. The molecule has 168 valence electrons. The number of rotatable bonds is 6. The molecule has 34 heavy (non-hydrogen) atoms. The van der Waals surface area contributed by atoms with Gasteiger partial charge in [0.15, 0.2) is 6.61 Å². The van der Waals surface area contributed by atoms with E-state index in [-0.39, 0.29) is 17.8 Å². The molecule has 0 fully saturated rings. The van der Waals surface area contributed by atoms with E-state index >= 15 is 0 Å². The van der Waals surface area contributed by atoms with Crippen LogP contribution in [0.2, 0.25) is 0 Å². The molecule has 1 aliphatic rings. The van der Waals surface area contributed by atoms with Crippen LogP contribution in [0.15, 0.2) is 119 Å². The third kappa shape index (κ3) is 5.38. The van der Waals surface area contributed by atoms with Crippen LogP contribution in [0.25, 0.3) is 0 Å². The van der Waals surface area contributed by atoms with Gasteiger partial charge in [-0.2, -0.15) is 0 Å². The minimum atomic E-state index is -0.192. The Morgan fingerprint density at radius 3 is 2.29 bits per heavy atom. The van der Waals surface area contributed by atoms with Crippen molar-refractivity contribution in [2.75, 3.05) is 11.9 Å². The Labute approximate surface area is 203 Å². The Morgan fingerprint density at radius 1 is 0.853 bits per heavy atom. The fourth-order valence-electron chi connectivity index (χ4n) is 3.86. The number of fused-ring (bicyclic) bond motifs is 1. The number of carbonyl (C=O) groups is 1. The van der Waals surface area contributed by atoms with Gasteiger partial charge in [-0.25, -0.2) is 0 Å². The van der Waals surface area contributed by atoms with Gasteiger partial charge >= 0.3 is 0 Å². The number of benzene rings is 4. The molecule has 1 heterocycles. The van der Waals surface area contributed by atoms with Crippen LogP contribution >= 0.6 is 11.8 Å². The van der Waals surface area contributed by atoms with Crippen molar-refractivity contribution in [1.82, 2.24) is 0 Å². The van der Waals surface area contributed by atoms with Crippen molar-refractivity contribution in [2.24, 2.45) is 4.99 Å². The molecular weight excluding hydrogens is 440 g/mol. The summed E-state index contributed by atoms with van der Waals surface area (Å²) < 4.78 is 5.70. The zero-order valence-electron chi connectivity index (χ0n) is 18.6. The van der Waals surface area contributed by atoms with Crippen LogP contribution in [-0.2, 0) is 4.79 Å². The largest absolute Gasteiger partial charge is 0.484 e. The molecular formula is C29H24N2O2S. The van der Waals surface area contributed by atoms with Gasteiger partial charge < -0.3 is 10.1 Å². The monoisotopic (exact) mass is 464 g/mol. The second-order valence-corrected chi connectivity index (χ2v) is 9.22. The number of aliphatic imine (C=N–C) groups is 1. The Morgan fingerprint density at radius 2 is 1.53 bits per heavy atom. The highest BCUT2D eigenvalue weighted by molar-refractivity contribution is 7.99. The fraction of sp³-hybridized carbons (Fsp3) is 0.103. The van der Waals surface area contributed by atoms with E-state index in [4.69, 9.17) is 9.73 Å². The molecule has 4 nitrogen and oxygen atoms in total. The van der Waals surface area contributed by atoms with Crippen molar-refractivity contribution in [3.63, 3.8) is 0 Å². The lowest BCUT2D eigenvalue weighted by atomic mass is 10.0. The van der Waals surface area contributed by atoms with Crippen molar-refractivity contribution < 1.29 is 9.53 Å². The van der Waals surface area contributed by atoms with Crippen LogP contribution in [0.1, 0.15) is 22.8 Å². The zero-order valence-corrected chi connectivity index (χ0v) is 19.4. The van der Waals surface area contributed by atoms with E-state index in [1.807, 2.05) is 78.5 Å². The predicted octanol–water partition coefficient (Wildman–Crippen LogP) is 7.06. The molecule has 0 saturated carbocycles. The summed E-state index contributed by atoms with van der Waals surface area (Å²) in [4.78, 5) is 18.4. The molecule has 1 aliphatic heterocycles. The lowest BCUT2D eigenvalue weighted by Gasteiger charge is -2.16. The Bertz CT molecular complexity index is 1290. The van der Waals surface area contributed by atoms with Crippen molar-refractivity contribution in [3.8, 4) is 5.75 Å². The summed E-state index contributed by atoms with van der Waals surface area (Å²) in [6.45, 7) is -0.0463. The summed E-state index contributed by atoms with van der Waals surface area (Å²) in [6, 6.07) is 36.1. The van der Waals surface area contributed by atoms with Crippen LogP contribution in [0.4, 0.5) is 11.4 Å². The number of thioether (sulfide) groups is 1. The van der Waals surface area contributed by atoms with E-state index in [0.717, 1.165) is 29.1 Å². The highest BCUT2D eigenvalue weighted by Crippen LogP contribution is 2.45. The molecule has 1 atom stereocenters. The summed E-state index contributed by atoms with van der Waals surface area (Å²) in [7, 11) is 0. The third-order valence-corrected chi connectivity index (χ3v) is 6.88. The molecule has 0 spiro atoms. The van der Waals surface area contributed by atoms with E-state index in [1.165, 1.54) is 10.5 Å². The molecule has 1 amide bonds. The maximum Gasteiger partial charge on any atom is 0.262 e. The quantitative estimate of drug-likeness (QED) is 0.332. The number of ether oxygens (including phenoxy) is 1. The van der Waals surface area contributed by atoms with Gasteiger partial charge in [0.05, 0.1) is 5.69 Å². The highest BCUT2D eigenvalue weighted by Gasteiger charge is 2.22. The molecule has 1 N–H and O–H groups in total. The maximum atomic E-state index is 12.2. The molecule has 0 saturated heterocycles. The summed E-state index contributed by atoms with van der Waals surface area (Å²) in [6.07, 6.45) is 0.822. The first-order valence-corrected chi connectivity index (χ1v) is 12.1. The third-order valence-electron chi connectivity index (χ3n) is 5.56. The van der Waals surface area contributed by atoms with Gasteiger partial charge in [-0.3, -0.25) is 9.79 Å². The van der Waals surface area contributed by atoms with Crippen LogP contribution in [0.5, 0.6) is 5.75 Å². The van der Waals surface area contributed by atoms with Gasteiger partial charge in [0.1, 0.15) is 5.75 Å². The summed E-state index contributed by atoms with van der Waals surface area (Å²) in [5.74, 6) is 0.457. The maximum absolute atomic E-state index is 12.2. The minimum absolute atomic E-state index is 0.0463. The molecule has 5 heteroatoms. The van der Waals surface area contributed by atoms with Crippen LogP contribution < -0.4 is 10.1 Å². The van der Waals surface area contributed by atoms with Crippen LogP contribution in [-0.4, -0.2) is 18.2 Å². The Hall–Kier alpha value is -3.83. The fourth-order valence-corrected chi connectivity index (χ4v) is 5.09. The topological polar surface area (TPSA) is 50.7 Å². The predicted molar refractivity (Wildman–Crippen MR) is 139 cm³/mol. The van der Waals surface area contributed by atoms with Crippen molar-refractivity contribution in [3.05, 3.63) is 120 Å². The first kappa shape index (κ1) is 22.0. The number of hydrogen-bond acceptors (Lipinski definition) is 4. The highest BCUT2D eigenvalue weighted by atomic mass is 32.2. The van der Waals surface area contributed by atoms with Gasteiger partial charge in [-0.05, 0) is 59.7 Å². The molecule has 4 aromatic carbocycles.